The molecule has 0 aromatic heterocycles. The first-order valence-corrected chi connectivity index (χ1v) is 8.34. The van der Waals surface area contributed by atoms with E-state index >= 15 is 0 Å². The van der Waals surface area contributed by atoms with Gasteiger partial charge in [0.25, 0.3) is 0 Å². The minimum Gasteiger partial charge on any atom is -0.444 e. The second-order valence-electron chi connectivity index (χ2n) is 6.80. The van der Waals surface area contributed by atoms with E-state index in [0.29, 0.717) is 17.7 Å². The summed E-state index contributed by atoms with van der Waals surface area (Å²) >= 11 is 0. The summed E-state index contributed by atoms with van der Waals surface area (Å²) in [5.74, 6) is -0.0735. The molecule has 140 valence electrons. The van der Waals surface area contributed by atoms with Crippen LogP contribution in [0.2, 0.25) is 0 Å². The number of carbonyl (C=O) groups excluding carboxylic acids is 2. The van der Waals surface area contributed by atoms with Crippen LogP contribution in [0, 0.1) is 0 Å². The molecule has 2 atom stereocenters. The summed E-state index contributed by atoms with van der Waals surface area (Å²) in [6, 6.07) is 5.68. The summed E-state index contributed by atoms with van der Waals surface area (Å²) in [5, 5.41) is 25.0. The quantitative estimate of drug-likeness (QED) is 0.602. The van der Waals surface area contributed by atoms with Gasteiger partial charge in [-0.05, 0) is 44.9 Å². The van der Waals surface area contributed by atoms with Crippen LogP contribution in [0.1, 0.15) is 52.2 Å². The van der Waals surface area contributed by atoms with Gasteiger partial charge in [-0.2, -0.15) is 0 Å². The van der Waals surface area contributed by atoms with E-state index in [1.807, 2.05) is 6.92 Å². The van der Waals surface area contributed by atoms with Gasteiger partial charge in [0.15, 0.2) is 0 Å². The molecule has 25 heavy (non-hydrogen) atoms. The topological polar surface area (TPSA) is 108 Å². The van der Waals surface area contributed by atoms with E-state index < -0.39 is 30.4 Å². The number of amides is 2. The Bertz CT molecular complexity index is 566. The summed E-state index contributed by atoms with van der Waals surface area (Å²) in [6.07, 6.45) is -0.625. The number of nitrogens with one attached hydrogen (secondary N) is 2. The normalized spacial score (nSPS) is 13.7. The van der Waals surface area contributed by atoms with Crippen molar-refractivity contribution in [2.75, 3.05) is 11.9 Å². The van der Waals surface area contributed by atoms with Crippen LogP contribution in [0.25, 0.3) is 0 Å². The molecule has 0 aliphatic rings. The molecule has 0 bridgehead atoms. The standard InChI is InChI=1S/C18H28N2O5/c1-5-6-15(22)19-13-9-7-12(8-10-13)16(23)14(11-21)20-17(24)25-18(2,3)4/h7-10,14,16,21,23H,5-6,11H2,1-4H3,(H,19,22)(H,20,24)/t14-,16?/m1/s1. The molecule has 0 fully saturated rings. The highest BCUT2D eigenvalue weighted by molar-refractivity contribution is 5.90. The SMILES string of the molecule is CCCC(=O)Nc1ccc(C(O)[C@@H](CO)NC(=O)OC(C)(C)C)cc1. The lowest BCUT2D eigenvalue weighted by Crippen LogP contribution is -2.44. The van der Waals surface area contributed by atoms with Gasteiger partial charge in [-0.15, -0.1) is 0 Å². The monoisotopic (exact) mass is 352 g/mol. The minimum absolute atomic E-state index is 0.0735. The molecule has 1 aromatic carbocycles. The van der Waals surface area contributed by atoms with Crippen LogP contribution in [0.5, 0.6) is 0 Å². The van der Waals surface area contributed by atoms with Crippen molar-refractivity contribution in [1.82, 2.24) is 5.32 Å². The van der Waals surface area contributed by atoms with Crippen LogP contribution in [0.15, 0.2) is 24.3 Å². The van der Waals surface area contributed by atoms with Crippen molar-refractivity contribution in [2.45, 2.75) is 58.3 Å². The number of aliphatic hydroxyl groups excluding tert-OH is 2. The molecule has 7 heteroatoms. The highest BCUT2D eigenvalue weighted by atomic mass is 16.6. The number of hydrogen-bond acceptors (Lipinski definition) is 5. The molecule has 0 spiro atoms. The van der Waals surface area contributed by atoms with Gasteiger partial charge < -0.3 is 25.6 Å². The fourth-order valence-electron chi connectivity index (χ4n) is 2.13. The number of carbonyl (C=O) groups is 2. The zero-order valence-electron chi connectivity index (χ0n) is 15.2. The molecule has 0 saturated heterocycles. The Hall–Kier alpha value is -2.12. The maximum absolute atomic E-state index is 11.8. The van der Waals surface area contributed by atoms with E-state index in [1.165, 1.54) is 0 Å². The van der Waals surface area contributed by atoms with E-state index in [9.17, 15) is 19.8 Å². The van der Waals surface area contributed by atoms with Crippen molar-refractivity contribution in [3.63, 3.8) is 0 Å². The Balaban J connectivity index is 2.71. The number of ether oxygens (including phenoxy) is 1. The van der Waals surface area contributed by atoms with Gasteiger partial charge >= 0.3 is 6.09 Å². The van der Waals surface area contributed by atoms with Crippen LogP contribution >= 0.6 is 0 Å². The molecule has 7 nitrogen and oxygen atoms in total. The number of rotatable bonds is 7. The summed E-state index contributed by atoms with van der Waals surface area (Å²) < 4.78 is 5.12. The molecule has 2 amide bonds. The van der Waals surface area contributed by atoms with E-state index in [0.717, 1.165) is 6.42 Å². The van der Waals surface area contributed by atoms with E-state index in [-0.39, 0.29) is 5.91 Å². The second-order valence-corrected chi connectivity index (χ2v) is 6.80. The van der Waals surface area contributed by atoms with Gasteiger partial charge in [-0.1, -0.05) is 19.1 Å². The lowest BCUT2D eigenvalue weighted by molar-refractivity contribution is -0.116. The molecular weight excluding hydrogens is 324 g/mol. The van der Waals surface area contributed by atoms with Gasteiger partial charge in [-0.3, -0.25) is 4.79 Å². The van der Waals surface area contributed by atoms with Crippen molar-refractivity contribution in [2.24, 2.45) is 0 Å². The summed E-state index contributed by atoms with van der Waals surface area (Å²) in [4.78, 5) is 23.4. The number of hydrogen-bond donors (Lipinski definition) is 4. The zero-order chi connectivity index (χ0) is 19.0. The lowest BCUT2D eigenvalue weighted by atomic mass is 10.0. The molecule has 1 aromatic rings. The summed E-state index contributed by atoms with van der Waals surface area (Å²) in [7, 11) is 0. The molecule has 0 radical (unpaired) electrons. The number of anilines is 1. The predicted molar refractivity (Wildman–Crippen MR) is 95.2 cm³/mol. The third kappa shape index (κ3) is 7.53. The van der Waals surface area contributed by atoms with Gasteiger partial charge in [0.1, 0.15) is 11.7 Å². The number of alkyl carbamates (subject to hydrolysis) is 1. The average Bonchev–Trinajstić information content (AvgIpc) is 2.51. The molecule has 4 N–H and O–H groups in total. The van der Waals surface area contributed by atoms with Crippen LogP contribution in [0.4, 0.5) is 10.5 Å². The van der Waals surface area contributed by atoms with E-state index in [2.05, 4.69) is 10.6 Å². The zero-order valence-corrected chi connectivity index (χ0v) is 15.2. The molecular formula is C18H28N2O5. The van der Waals surface area contributed by atoms with Gasteiger partial charge in [0.2, 0.25) is 5.91 Å². The Morgan fingerprint density at radius 1 is 1.20 bits per heavy atom. The highest BCUT2D eigenvalue weighted by Gasteiger charge is 2.25. The summed E-state index contributed by atoms with van der Waals surface area (Å²) in [5.41, 5.74) is 0.451. The van der Waals surface area contributed by atoms with E-state index in [1.54, 1.807) is 45.0 Å². The fraction of sp³-hybridized carbons (Fsp3) is 0.556. The number of aliphatic hydroxyl groups is 2. The van der Waals surface area contributed by atoms with Crippen molar-refractivity contribution in [1.29, 1.82) is 0 Å². The van der Waals surface area contributed by atoms with Crippen molar-refractivity contribution >= 4 is 17.7 Å². The molecule has 1 rings (SSSR count). The molecule has 1 unspecified atom stereocenters. The minimum atomic E-state index is -1.11. The van der Waals surface area contributed by atoms with Crippen molar-refractivity contribution < 1.29 is 24.5 Å². The molecule has 0 aliphatic carbocycles. The summed E-state index contributed by atoms with van der Waals surface area (Å²) in [6.45, 7) is 6.65. The van der Waals surface area contributed by atoms with Crippen molar-refractivity contribution in [3.05, 3.63) is 29.8 Å². The first-order chi connectivity index (χ1) is 11.7. The third-order valence-corrected chi connectivity index (χ3v) is 3.29. The van der Waals surface area contributed by atoms with Crippen LogP contribution in [0.3, 0.4) is 0 Å². The lowest BCUT2D eigenvalue weighted by Gasteiger charge is -2.25. The average molecular weight is 352 g/mol. The third-order valence-electron chi connectivity index (χ3n) is 3.29. The Morgan fingerprint density at radius 3 is 2.28 bits per heavy atom. The first-order valence-electron chi connectivity index (χ1n) is 8.34. The maximum Gasteiger partial charge on any atom is 0.408 e. The largest absolute Gasteiger partial charge is 0.444 e. The fourth-order valence-corrected chi connectivity index (χ4v) is 2.13. The van der Waals surface area contributed by atoms with Crippen LogP contribution in [-0.4, -0.2) is 40.5 Å². The van der Waals surface area contributed by atoms with Gasteiger partial charge in [-0.25, -0.2) is 4.79 Å². The Kier molecular flexibility index (Phi) is 7.86. The molecule has 0 saturated carbocycles. The van der Waals surface area contributed by atoms with E-state index in [4.69, 9.17) is 4.74 Å². The van der Waals surface area contributed by atoms with Gasteiger partial charge in [0.05, 0.1) is 12.6 Å². The first kappa shape index (κ1) is 20.9. The van der Waals surface area contributed by atoms with Crippen LogP contribution < -0.4 is 10.6 Å². The maximum atomic E-state index is 11.8. The Morgan fingerprint density at radius 2 is 1.80 bits per heavy atom. The molecule has 0 aliphatic heterocycles. The van der Waals surface area contributed by atoms with Gasteiger partial charge in [0, 0.05) is 12.1 Å². The predicted octanol–water partition coefficient (Wildman–Crippen LogP) is 2.34. The number of benzene rings is 1. The highest BCUT2D eigenvalue weighted by Crippen LogP contribution is 2.20. The smallest absolute Gasteiger partial charge is 0.408 e. The van der Waals surface area contributed by atoms with Crippen molar-refractivity contribution in [3.8, 4) is 0 Å². The molecule has 0 heterocycles. The Labute approximate surface area is 148 Å². The van der Waals surface area contributed by atoms with Crippen LogP contribution in [-0.2, 0) is 9.53 Å². The second kappa shape index (κ2) is 9.39.